The normalized spacial score (nSPS) is 10.1. The summed E-state index contributed by atoms with van der Waals surface area (Å²) in [6.45, 7) is 0. The van der Waals surface area contributed by atoms with Gasteiger partial charge < -0.3 is 5.32 Å². The highest BCUT2D eigenvalue weighted by Crippen LogP contribution is 2.24. The Morgan fingerprint density at radius 1 is 1.40 bits per heavy atom. The zero-order valence-electron chi connectivity index (χ0n) is 9.84. The number of anilines is 1. The molecule has 0 saturated heterocycles. The summed E-state index contributed by atoms with van der Waals surface area (Å²) in [6.07, 6.45) is 3.04. The van der Waals surface area contributed by atoms with Crippen LogP contribution in [-0.4, -0.2) is 15.8 Å². The summed E-state index contributed by atoms with van der Waals surface area (Å²) in [6, 6.07) is 5.30. The summed E-state index contributed by atoms with van der Waals surface area (Å²) in [5.74, 6) is -0.498. The van der Waals surface area contributed by atoms with E-state index in [1.54, 1.807) is 6.07 Å². The van der Waals surface area contributed by atoms with E-state index in [-0.39, 0.29) is 16.3 Å². The SMILES string of the molecule is O=C(Nc1ccncc1Br)c1cc(Cl)cc([N+](=O)[O-])c1. The molecule has 0 atom stereocenters. The van der Waals surface area contributed by atoms with E-state index in [0.29, 0.717) is 10.2 Å². The van der Waals surface area contributed by atoms with Crippen LogP contribution in [0.3, 0.4) is 0 Å². The van der Waals surface area contributed by atoms with Crippen LogP contribution in [0.5, 0.6) is 0 Å². The molecule has 1 N–H and O–H groups in total. The number of halogens is 2. The molecular formula is C12H7BrClN3O3. The highest BCUT2D eigenvalue weighted by atomic mass is 79.9. The minimum atomic E-state index is -0.606. The van der Waals surface area contributed by atoms with Crippen molar-refractivity contribution in [3.8, 4) is 0 Å². The van der Waals surface area contributed by atoms with E-state index >= 15 is 0 Å². The predicted octanol–water partition coefficient (Wildman–Crippen LogP) is 3.66. The molecule has 0 spiro atoms. The van der Waals surface area contributed by atoms with E-state index in [2.05, 4.69) is 26.2 Å². The highest BCUT2D eigenvalue weighted by molar-refractivity contribution is 9.10. The number of carbonyl (C=O) groups excluding carboxylic acids is 1. The molecule has 0 bridgehead atoms. The number of nitro groups is 1. The number of nitrogens with zero attached hydrogens (tertiary/aromatic N) is 2. The van der Waals surface area contributed by atoms with Gasteiger partial charge >= 0.3 is 0 Å². The van der Waals surface area contributed by atoms with Gasteiger partial charge in [-0.3, -0.25) is 19.9 Å². The molecular weight excluding hydrogens is 350 g/mol. The molecule has 6 nitrogen and oxygen atoms in total. The molecule has 1 amide bonds. The van der Waals surface area contributed by atoms with Gasteiger partial charge in [0.2, 0.25) is 0 Å². The van der Waals surface area contributed by atoms with Gasteiger partial charge in [-0.2, -0.15) is 0 Å². The first-order chi connectivity index (χ1) is 9.47. The number of carbonyl (C=O) groups is 1. The molecule has 0 unspecified atom stereocenters. The van der Waals surface area contributed by atoms with Gasteiger partial charge in [-0.15, -0.1) is 0 Å². The number of benzene rings is 1. The molecule has 0 radical (unpaired) electrons. The highest BCUT2D eigenvalue weighted by Gasteiger charge is 2.14. The van der Waals surface area contributed by atoms with Crippen molar-refractivity contribution in [3.05, 3.63) is 61.8 Å². The third-order valence-electron chi connectivity index (χ3n) is 2.38. The van der Waals surface area contributed by atoms with Crippen LogP contribution in [0.2, 0.25) is 5.02 Å². The molecule has 0 fully saturated rings. The number of nitro benzene ring substituents is 1. The van der Waals surface area contributed by atoms with Gasteiger partial charge in [0.25, 0.3) is 11.6 Å². The summed E-state index contributed by atoms with van der Waals surface area (Å²) < 4.78 is 0.602. The van der Waals surface area contributed by atoms with Gasteiger partial charge in [-0.25, -0.2) is 0 Å². The number of amides is 1. The molecule has 2 rings (SSSR count). The Kier molecular flexibility index (Phi) is 4.31. The van der Waals surface area contributed by atoms with E-state index in [4.69, 9.17) is 11.6 Å². The maximum atomic E-state index is 12.1. The van der Waals surface area contributed by atoms with Gasteiger partial charge in [-0.1, -0.05) is 11.6 Å². The lowest BCUT2D eigenvalue weighted by atomic mass is 10.2. The number of pyridine rings is 1. The maximum absolute atomic E-state index is 12.1. The standard InChI is InChI=1S/C12H7BrClN3O3/c13-10-6-15-2-1-11(10)16-12(18)7-3-8(14)5-9(4-7)17(19)20/h1-6H,(H,15,16,18). The minimum absolute atomic E-state index is 0.105. The molecule has 2 aromatic rings. The van der Waals surface area contributed by atoms with Gasteiger partial charge in [0.1, 0.15) is 0 Å². The summed E-state index contributed by atoms with van der Waals surface area (Å²) >= 11 is 9.01. The molecule has 1 aromatic heterocycles. The monoisotopic (exact) mass is 355 g/mol. The van der Waals surface area contributed by atoms with Crippen molar-refractivity contribution in [2.24, 2.45) is 0 Å². The maximum Gasteiger partial charge on any atom is 0.271 e. The largest absolute Gasteiger partial charge is 0.321 e. The number of hydrogen-bond donors (Lipinski definition) is 1. The van der Waals surface area contributed by atoms with Crippen LogP contribution in [0, 0.1) is 10.1 Å². The average Bonchev–Trinajstić information content (AvgIpc) is 2.40. The van der Waals surface area contributed by atoms with Crippen molar-refractivity contribution in [2.75, 3.05) is 5.32 Å². The zero-order valence-corrected chi connectivity index (χ0v) is 12.2. The van der Waals surface area contributed by atoms with Gasteiger partial charge in [-0.05, 0) is 28.1 Å². The van der Waals surface area contributed by atoms with Crippen LogP contribution < -0.4 is 5.32 Å². The smallest absolute Gasteiger partial charge is 0.271 e. The van der Waals surface area contributed by atoms with Crippen molar-refractivity contribution >= 4 is 44.8 Å². The van der Waals surface area contributed by atoms with Crippen LogP contribution in [0.1, 0.15) is 10.4 Å². The van der Waals surface area contributed by atoms with Gasteiger partial charge in [0.15, 0.2) is 0 Å². The van der Waals surface area contributed by atoms with Crippen molar-refractivity contribution < 1.29 is 9.72 Å². The van der Waals surface area contributed by atoms with Crippen molar-refractivity contribution in [1.29, 1.82) is 0 Å². The van der Waals surface area contributed by atoms with E-state index < -0.39 is 10.8 Å². The topological polar surface area (TPSA) is 85.1 Å². The fourth-order valence-corrected chi connectivity index (χ4v) is 2.06. The van der Waals surface area contributed by atoms with Crippen molar-refractivity contribution in [1.82, 2.24) is 4.98 Å². The van der Waals surface area contributed by atoms with E-state index in [0.717, 1.165) is 6.07 Å². The third-order valence-corrected chi connectivity index (χ3v) is 3.23. The second-order valence-electron chi connectivity index (χ2n) is 3.76. The Bertz CT molecular complexity index is 693. The van der Waals surface area contributed by atoms with E-state index in [1.165, 1.54) is 24.5 Å². The molecule has 0 saturated carbocycles. The lowest BCUT2D eigenvalue weighted by molar-refractivity contribution is -0.384. The second kappa shape index (κ2) is 5.98. The van der Waals surface area contributed by atoms with Crippen molar-refractivity contribution in [2.45, 2.75) is 0 Å². The molecule has 1 aromatic carbocycles. The summed E-state index contributed by atoms with van der Waals surface area (Å²) in [5.41, 5.74) is 0.372. The van der Waals surface area contributed by atoms with Crippen LogP contribution in [-0.2, 0) is 0 Å². The minimum Gasteiger partial charge on any atom is -0.321 e. The summed E-state index contributed by atoms with van der Waals surface area (Å²) in [5, 5.41) is 13.5. The third kappa shape index (κ3) is 3.31. The van der Waals surface area contributed by atoms with Crippen LogP contribution in [0.15, 0.2) is 41.1 Å². The first-order valence-electron chi connectivity index (χ1n) is 5.33. The van der Waals surface area contributed by atoms with E-state index in [9.17, 15) is 14.9 Å². The molecule has 0 aliphatic rings. The van der Waals surface area contributed by atoms with Crippen LogP contribution in [0.4, 0.5) is 11.4 Å². The molecule has 0 aliphatic heterocycles. The van der Waals surface area contributed by atoms with Gasteiger partial charge in [0, 0.05) is 35.1 Å². The Morgan fingerprint density at radius 2 is 2.15 bits per heavy atom. The lowest BCUT2D eigenvalue weighted by Gasteiger charge is -2.07. The Balaban J connectivity index is 2.30. The Labute approximate surface area is 127 Å². The van der Waals surface area contributed by atoms with Crippen LogP contribution >= 0.6 is 27.5 Å². The molecule has 0 aliphatic carbocycles. The second-order valence-corrected chi connectivity index (χ2v) is 5.06. The quantitative estimate of drug-likeness (QED) is 0.672. The van der Waals surface area contributed by atoms with E-state index in [1.807, 2.05) is 0 Å². The number of aromatic nitrogens is 1. The predicted molar refractivity (Wildman–Crippen MR) is 78.0 cm³/mol. The molecule has 102 valence electrons. The van der Waals surface area contributed by atoms with Crippen molar-refractivity contribution in [3.63, 3.8) is 0 Å². The lowest BCUT2D eigenvalue weighted by Crippen LogP contribution is -2.12. The summed E-state index contributed by atoms with van der Waals surface area (Å²) in [4.78, 5) is 26.1. The fourth-order valence-electron chi connectivity index (χ4n) is 1.48. The number of nitrogens with one attached hydrogen (secondary N) is 1. The molecule has 20 heavy (non-hydrogen) atoms. The molecule has 1 heterocycles. The average molecular weight is 357 g/mol. The fraction of sp³-hybridized carbons (Fsp3) is 0. The number of hydrogen-bond acceptors (Lipinski definition) is 4. The summed E-state index contributed by atoms with van der Waals surface area (Å²) in [7, 11) is 0. The first-order valence-corrected chi connectivity index (χ1v) is 6.50. The Morgan fingerprint density at radius 3 is 2.80 bits per heavy atom. The Hall–Kier alpha value is -1.99. The number of non-ortho nitro benzene ring substituents is 1. The molecule has 8 heteroatoms. The first kappa shape index (κ1) is 14.4. The van der Waals surface area contributed by atoms with Gasteiger partial charge in [0.05, 0.1) is 15.1 Å². The van der Waals surface area contributed by atoms with Crippen LogP contribution in [0.25, 0.3) is 0 Å². The number of rotatable bonds is 3. The zero-order chi connectivity index (χ0) is 14.7.